The van der Waals surface area contributed by atoms with E-state index in [1.165, 1.54) is 0 Å². The van der Waals surface area contributed by atoms with Crippen LogP contribution in [0.25, 0.3) is 0 Å². The molecular formula is C11H24O3Si. The number of aliphatic hydroxyl groups is 1. The van der Waals surface area contributed by atoms with E-state index in [-0.39, 0.29) is 11.1 Å². The molecule has 1 fully saturated rings. The molecule has 0 aromatic heterocycles. The monoisotopic (exact) mass is 232 g/mol. The molecule has 1 aliphatic heterocycles. The quantitative estimate of drug-likeness (QED) is 0.744. The van der Waals surface area contributed by atoms with Gasteiger partial charge in [0.1, 0.15) is 6.10 Å². The van der Waals surface area contributed by atoms with Crippen molar-refractivity contribution in [1.29, 1.82) is 0 Å². The van der Waals surface area contributed by atoms with Gasteiger partial charge in [-0.3, -0.25) is 0 Å². The van der Waals surface area contributed by atoms with E-state index in [2.05, 4.69) is 33.9 Å². The van der Waals surface area contributed by atoms with Crippen molar-refractivity contribution in [3.8, 4) is 0 Å². The molecule has 3 nitrogen and oxygen atoms in total. The molecule has 1 heterocycles. The SMILES string of the molecule is CC(C)(C)[Si](C)(C)O[C@H]1CCO[C@@]1(C)O. The van der Waals surface area contributed by atoms with Crippen molar-refractivity contribution in [1.82, 2.24) is 0 Å². The molecule has 0 radical (unpaired) electrons. The summed E-state index contributed by atoms with van der Waals surface area (Å²) < 4.78 is 11.4. The molecule has 0 aromatic rings. The van der Waals surface area contributed by atoms with Gasteiger partial charge in [-0.25, -0.2) is 0 Å². The van der Waals surface area contributed by atoms with Gasteiger partial charge in [0.15, 0.2) is 14.1 Å². The van der Waals surface area contributed by atoms with Crippen LogP contribution < -0.4 is 0 Å². The molecule has 4 heteroatoms. The second-order valence-electron chi connectivity index (χ2n) is 6.06. The Hall–Kier alpha value is 0.0969. The predicted molar refractivity (Wildman–Crippen MR) is 63.3 cm³/mol. The lowest BCUT2D eigenvalue weighted by Crippen LogP contribution is -2.49. The number of rotatable bonds is 2. The van der Waals surface area contributed by atoms with Crippen LogP contribution in [0.5, 0.6) is 0 Å². The molecule has 0 aromatic carbocycles. The van der Waals surface area contributed by atoms with Crippen molar-refractivity contribution < 1.29 is 14.3 Å². The highest BCUT2D eigenvalue weighted by Gasteiger charge is 2.46. The minimum Gasteiger partial charge on any atom is -0.408 e. The Balaban J connectivity index is 2.70. The Morgan fingerprint density at radius 2 is 1.93 bits per heavy atom. The van der Waals surface area contributed by atoms with E-state index in [1.54, 1.807) is 6.92 Å². The molecule has 0 unspecified atom stereocenters. The fourth-order valence-electron chi connectivity index (χ4n) is 1.43. The van der Waals surface area contributed by atoms with E-state index in [4.69, 9.17) is 9.16 Å². The highest BCUT2D eigenvalue weighted by molar-refractivity contribution is 6.74. The topological polar surface area (TPSA) is 38.7 Å². The van der Waals surface area contributed by atoms with Crippen molar-refractivity contribution in [2.75, 3.05) is 6.61 Å². The summed E-state index contributed by atoms with van der Waals surface area (Å²) >= 11 is 0. The molecule has 0 aliphatic carbocycles. The van der Waals surface area contributed by atoms with Gasteiger partial charge in [-0.1, -0.05) is 20.8 Å². The number of hydrogen-bond acceptors (Lipinski definition) is 3. The molecule has 1 saturated heterocycles. The zero-order valence-corrected chi connectivity index (χ0v) is 11.8. The van der Waals surface area contributed by atoms with Crippen LogP contribution in [0.1, 0.15) is 34.1 Å². The van der Waals surface area contributed by atoms with E-state index in [9.17, 15) is 5.11 Å². The van der Waals surface area contributed by atoms with Crippen molar-refractivity contribution in [3.63, 3.8) is 0 Å². The number of hydrogen-bond donors (Lipinski definition) is 1. The van der Waals surface area contributed by atoms with Gasteiger partial charge in [-0.2, -0.15) is 0 Å². The molecule has 0 amide bonds. The van der Waals surface area contributed by atoms with E-state index >= 15 is 0 Å². The summed E-state index contributed by atoms with van der Waals surface area (Å²) in [5, 5.41) is 10.1. The zero-order chi connectivity index (χ0) is 11.9. The molecule has 0 spiro atoms. The van der Waals surface area contributed by atoms with Gasteiger partial charge >= 0.3 is 0 Å². The maximum atomic E-state index is 9.96. The zero-order valence-electron chi connectivity index (χ0n) is 10.8. The summed E-state index contributed by atoms with van der Waals surface area (Å²) in [5.41, 5.74) is 0. The fraction of sp³-hybridized carbons (Fsp3) is 1.00. The second-order valence-corrected chi connectivity index (χ2v) is 10.8. The van der Waals surface area contributed by atoms with Crippen LogP contribution in [0.2, 0.25) is 18.1 Å². The Labute approximate surface area is 93.9 Å². The standard InChI is InChI=1S/C11H24O3Si/c1-10(2,3)15(5,6)14-9-7-8-13-11(9,4)12/h9,12H,7-8H2,1-6H3/t9-,11+/m0/s1. The van der Waals surface area contributed by atoms with Crippen molar-refractivity contribution in [2.45, 2.75) is 64.1 Å². The van der Waals surface area contributed by atoms with Crippen LogP contribution in [0.3, 0.4) is 0 Å². The number of ether oxygens (including phenoxy) is 1. The normalized spacial score (nSPS) is 33.4. The van der Waals surface area contributed by atoms with Crippen LogP contribution >= 0.6 is 0 Å². The fourth-order valence-corrected chi connectivity index (χ4v) is 2.84. The highest BCUT2D eigenvalue weighted by atomic mass is 28.4. The first-order valence-corrected chi connectivity index (χ1v) is 8.51. The third-order valence-corrected chi connectivity index (χ3v) is 8.10. The van der Waals surface area contributed by atoms with E-state index < -0.39 is 14.1 Å². The van der Waals surface area contributed by atoms with Crippen LogP contribution in [0.15, 0.2) is 0 Å². The average Bonchev–Trinajstić information content (AvgIpc) is 2.27. The molecule has 1 N–H and O–H groups in total. The van der Waals surface area contributed by atoms with Crippen LogP contribution in [0.4, 0.5) is 0 Å². The third kappa shape index (κ3) is 2.81. The van der Waals surface area contributed by atoms with Gasteiger partial charge in [0.05, 0.1) is 6.61 Å². The maximum Gasteiger partial charge on any atom is 0.192 e. The summed E-state index contributed by atoms with van der Waals surface area (Å²) in [6, 6.07) is 0. The largest absolute Gasteiger partial charge is 0.408 e. The predicted octanol–water partition coefficient (Wildman–Crippen LogP) is 2.51. The van der Waals surface area contributed by atoms with Crippen LogP contribution in [0, 0.1) is 0 Å². The summed E-state index contributed by atoms with van der Waals surface area (Å²) in [7, 11) is -1.80. The van der Waals surface area contributed by atoms with Gasteiger partial charge in [-0.05, 0) is 25.1 Å². The Kier molecular flexibility index (Phi) is 3.37. The van der Waals surface area contributed by atoms with Gasteiger partial charge in [0.2, 0.25) is 0 Å². The average molecular weight is 232 g/mol. The molecule has 2 atom stereocenters. The first-order chi connectivity index (χ1) is 6.56. The smallest absolute Gasteiger partial charge is 0.192 e. The first kappa shape index (κ1) is 13.2. The Morgan fingerprint density at radius 1 is 1.40 bits per heavy atom. The molecular weight excluding hydrogens is 208 g/mol. The van der Waals surface area contributed by atoms with E-state index in [0.717, 1.165) is 6.42 Å². The lowest BCUT2D eigenvalue weighted by Gasteiger charge is -2.40. The summed E-state index contributed by atoms with van der Waals surface area (Å²) in [6.07, 6.45) is 0.623. The molecule has 0 saturated carbocycles. The molecule has 0 bridgehead atoms. The molecule has 1 aliphatic rings. The van der Waals surface area contributed by atoms with Gasteiger partial charge in [0.25, 0.3) is 0 Å². The summed E-state index contributed by atoms with van der Waals surface area (Å²) in [4.78, 5) is 0. The van der Waals surface area contributed by atoms with Crippen LogP contribution in [-0.4, -0.2) is 31.9 Å². The van der Waals surface area contributed by atoms with Gasteiger partial charge in [-0.15, -0.1) is 0 Å². The summed E-state index contributed by atoms with van der Waals surface area (Å²) in [6.45, 7) is 13.3. The van der Waals surface area contributed by atoms with Crippen molar-refractivity contribution in [3.05, 3.63) is 0 Å². The van der Waals surface area contributed by atoms with Crippen molar-refractivity contribution >= 4 is 8.32 Å². The van der Waals surface area contributed by atoms with Gasteiger partial charge < -0.3 is 14.3 Å². The highest BCUT2D eigenvalue weighted by Crippen LogP contribution is 2.40. The second kappa shape index (κ2) is 3.84. The maximum absolute atomic E-state index is 9.96. The Morgan fingerprint density at radius 3 is 2.27 bits per heavy atom. The third-order valence-electron chi connectivity index (χ3n) is 3.61. The van der Waals surface area contributed by atoms with Crippen molar-refractivity contribution in [2.24, 2.45) is 0 Å². The molecule has 15 heavy (non-hydrogen) atoms. The minimum absolute atomic E-state index is 0.168. The lowest BCUT2D eigenvalue weighted by atomic mass is 10.2. The minimum atomic E-state index is -1.80. The molecule has 1 rings (SSSR count). The first-order valence-electron chi connectivity index (χ1n) is 5.60. The Bertz CT molecular complexity index is 230. The van der Waals surface area contributed by atoms with E-state index in [1.807, 2.05) is 0 Å². The van der Waals surface area contributed by atoms with Gasteiger partial charge in [0, 0.05) is 6.42 Å². The molecule has 90 valence electrons. The van der Waals surface area contributed by atoms with Crippen LogP contribution in [-0.2, 0) is 9.16 Å². The summed E-state index contributed by atoms with van der Waals surface area (Å²) in [5.74, 6) is -1.10. The lowest BCUT2D eigenvalue weighted by molar-refractivity contribution is -0.195. The van der Waals surface area contributed by atoms with E-state index in [0.29, 0.717) is 6.61 Å².